The molecule has 0 atom stereocenters. The first-order chi connectivity index (χ1) is 6.93. The predicted octanol–water partition coefficient (Wildman–Crippen LogP) is 3.96. The molecule has 0 aromatic heterocycles. The minimum Gasteiger partial charge on any atom is -0.207 e. The molecule has 0 fully saturated rings. The molecule has 0 unspecified atom stereocenters. The minimum atomic E-state index is -4.50. The highest BCUT2D eigenvalue weighted by Crippen LogP contribution is 2.30. The molecule has 0 heterocycles. The lowest BCUT2D eigenvalue weighted by molar-refractivity contribution is -0.137. The van der Waals surface area contributed by atoms with Crippen LogP contribution in [0, 0.1) is 5.82 Å². The van der Waals surface area contributed by atoms with Crippen molar-refractivity contribution in [2.45, 2.75) is 19.0 Å². The van der Waals surface area contributed by atoms with E-state index in [2.05, 4.69) is 6.58 Å². The zero-order valence-corrected chi connectivity index (χ0v) is 7.94. The number of alkyl halides is 3. The Labute approximate surface area is 85.2 Å². The van der Waals surface area contributed by atoms with Gasteiger partial charge in [0.05, 0.1) is 5.56 Å². The quantitative estimate of drug-likeness (QED) is 0.532. The number of allylic oxidation sites excluding steroid dienone is 1. The Hall–Kier alpha value is -1.32. The van der Waals surface area contributed by atoms with Gasteiger partial charge in [-0.05, 0) is 36.6 Å². The lowest BCUT2D eigenvalue weighted by atomic mass is 10.1. The molecule has 1 aromatic carbocycles. The number of hydrogen-bond donors (Lipinski definition) is 0. The molecule has 1 rings (SSSR count). The molecule has 0 saturated heterocycles. The van der Waals surface area contributed by atoms with Crippen LogP contribution in [0.1, 0.15) is 17.5 Å². The van der Waals surface area contributed by atoms with E-state index in [-0.39, 0.29) is 0 Å². The topological polar surface area (TPSA) is 0 Å². The fourth-order valence-electron chi connectivity index (χ4n) is 1.23. The molecule has 4 heteroatoms. The van der Waals surface area contributed by atoms with E-state index < -0.39 is 17.6 Å². The van der Waals surface area contributed by atoms with Crippen LogP contribution in [-0.4, -0.2) is 0 Å². The van der Waals surface area contributed by atoms with Crippen LogP contribution >= 0.6 is 0 Å². The average Bonchev–Trinajstić information content (AvgIpc) is 2.12. The average molecular weight is 218 g/mol. The SMILES string of the molecule is C=CCCc1cc(F)cc(C(F)(F)F)c1. The number of hydrogen-bond acceptors (Lipinski definition) is 0. The summed E-state index contributed by atoms with van der Waals surface area (Å²) in [4.78, 5) is 0. The van der Waals surface area contributed by atoms with Crippen molar-refractivity contribution in [3.8, 4) is 0 Å². The van der Waals surface area contributed by atoms with Crippen LogP contribution in [0.3, 0.4) is 0 Å². The van der Waals surface area contributed by atoms with E-state index >= 15 is 0 Å². The van der Waals surface area contributed by atoms with Gasteiger partial charge in [-0.2, -0.15) is 13.2 Å². The maximum absolute atomic E-state index is 12.9. The van der Waals surface area contributed by atoms with E-state index in [0.717, 1.165) is 12.1 Å². The maximum Gasteiger partial charge on any atom is 0.416 e. The lowest BCUT2D eigenvalue weighted by Crippen LogP contribution is -2.06. The number of halogens is 4. The van der Waals surface area contributed by atoms with E-state index in [4.69, 9.17) is 0 Å². The van der Waals surface area contributed by atoms with Crippen molar-refractivity contribution in [3.63, 3.8) is 0 Å². The summed E-state index contributed by atoms with van der Waals surface area (Å²) in [6.45, 7) is 3.45. The molecule has 0 amide bonds. The standard InChI is InChI=1S/C11H10F4/c1-2-3-4-8-5-9(11(13,14)15)7-10(12)6-8/h2,5-7H,1,3-4H2. The number of aryl methyl sites for hydroxylation is 1. The van der Waals surface area contributed by atoms with Gasteiger partial charge in [0.2, 0.25) is 0 Å². The normalized spacial score (nSPS) is 11.5. The fraction of sp³-hybridized carbons (Fsp3) is 0.273. The highest BCUT2D eigenvalue weighted by molar-refractivity contribution is 5.27. The maximum atomic E-state index is 12.9. The zero-order valence-electron chi connectivity index (χ0n) is 7.94. The van der Waals surface area contributed by atoms with Crippen molar-refractivity contribution < 1.29 is 17.6 Å². The van der Waals surface area contributed by atoms with Gasteiger partial charge in [0, 0.05) is 0 Å². The summed E-state index contributed by atoms with van der Waals surface area (Å²) in [5.41, 5.74) is -0.608. The van der Waals surface area contributed by atoms with Crippen LogP contribution in [0.5, 0.6) is 0 Å². The summed E-state index contributed by atoms with van der Waals surface area (Å²) in [6, 6.07) is 2.57. The van der Waals surface area contributed by atoms with Crippen molar-refractivity contribution >= 4 is 0 Å². The van der Waals surface area contributed by atoms with Crippen molar-refractivity contribution in [1.29, 1.82) is 0 Å². The molecule has 0 saturated carbocycles. The summed E-state index contributed by atoms with van der Waals surface area (Å²) in [5, 5.41) is 0. The third-order valence-corrected chi connectivity index (χ3v) is 1.92. The van der Waals surface area contributed by atoms with E-state index in [0.29, 0.717) is 24.5 Å². The fourth-order valence-corrected chi connectivity index (χ4v) is 1.23. The van der Waals surface area contributed by atoms with Crippen molar-refractivity contribution in [3.05, 3.63) is 47.8 Å². The molecule has 0 N–H and O–H groups in total. The van der Waals surface area contributed by atoms with Gasteiger partial charge in [-0.1, -0.05) is 6.08 Å². The van der Waals surface area contributed by atoms with Crippen LogP contribution < -0.4 is 0 Å². The first kappa shape index (κ1) is 11.8. The molecule has 0 radical (unpaired) electrons. The number of benzene rings is 1. The highest BCUT2D eigenvalue weighted by Gasteiger charge is 2.31. The summed E-state index contributed by atoms with van der Waals surface area (Å²) in [5.74, 6) is -0.858. The van der Waals surface area contributed by atoms with E-state index in [1.807, 2.05) is 0 Å². The van der Waals surface area contributed by atoms with Crippen molar-refractivity contribution in [2.24, 2.45) is 0 Å². The van der Waals surface area contributed by atoms with E-state index in [9.17, 15) is 17.6 Å². The van der Waals surface area contributed by atoms with Crippen molar-refractivity contribution in [2.75, 3.05) is 0 Å². The molecule has 0 nitrogen and oxygen atoms in total. The Morgan fingerprint density at radius 2 is 1.87 bits per heavy atom. The Bertz CT molecular complexity index is 352. The monoisotopic (exact) mass is 218 g/mol. The van der Waals surface area contributed by atoms with Gasteiger partial charge >= 0.3 is 6.18 Å². The van der Waals surface area contributed by atoms with Gasteiger partial charge in [-0.25, -0.2) is 4.39 Å². The van der Waals surface area contributed by atoms with Crippen LogP contribution in [0.2, 0.25) is 0 Å². The van der Waals surface area contributed by atoms with Gasteiger partial charge in [0.15, 0.2) is 0 Å². The number of rotatable bonds is 3. The molecule has 0 spiro atoms. The molecule has 0 aliphatic carbocycles. The second-order valence-electron chi connectivity index (χ2n) is 3.17. The Balaban J connectivity index is 3.00. The molecular weight excluding hydrogens is 208 g/mol. The molecular formula is C11H10F4. The first-order valence-electron chi connectivity index (χ1n) is 4.41. The van der Waals surface area contributed by atoms with Crippen LogP contribution in [0.15, 0.2) is 30.9 Å². The Morgan fingerprint density at radius 3 is 2.40 bits per heavy atom. The third-order valence-electron chi connectivity index (χ3n) is 1.92. The lowest BCUT2D eigenvalue weighted by Gasteiger charge is -2.08. The van der Waals surface area contributed by atoms with Gasteiger partial charge in [0.25, 0.3) is 0 Å². The zero-order chi connectivity index (χ0) is 11.5. The summed E-state index contributed by atoms with van der Waals surface area (Å²) in [7, 11) is 0. The molecule has 15 heavy (non-hydrogen) atoms. The summed E-state index contributed by atoms with van der Waals surface area (Å²) >= 11 is 0. The highest BCUT2D eigenvalue weighted by atomic mass is 19.4. The van der Waals surface area contributed by atoms with Crippen LogP contribution in [0.25, 0.3) is 0 Å². The Kier molecular flexibility index (Phi) is 3.50. The van der Waals surface area contributed by atoms with Crippen LogP contribution in [-0.2, 0) is 12.6 Å². The second-order valence-corrected chi connectivity index (χ2v) is 3.17. The Morgan fingerprint density at radius 1 is 1.20 bits per heavy atom. The van der Waals surface area contributed by atoms with Gasteiger partial charge in [-0.15, -0.1) is 6.58 Å². The third kappa shape index (κ3) is 3.38. The first-order valence-corrected chi connectivity index (χ1v) is 4.41. The summed E-state index contributed by atoms with van der Waals surface area (Å²) in [6.07, 6.45) is -2.02. The predicted molar refractivity (Wildman–Crippen MR) is 49.9 cm³/mol. The molecule has 0 bridgehead atoms. The van der Waals surface area contributed by atoms with E-state index in [1.54, 1.807) is 6.08 Å². The summed E-state index contributed by atoms with van der Waals surface area (Å²) < 4.78 is 49.7. The van der Waals surface area contributed by atoms with Gasteiger partial charge in [-0.3, -0.25) is 0 Å². The molecule has 0 aliphatic rings. The molecule has 0 aliphatic heterocycles. The van der Waals surface area contributed by atoms with Gasteiger partial charge < -0.3 is 0 Å². The minimum absolute atomic E-state index is 0.335. The van der Waals surface area contributed by atoms with Gasteiger partial charge in [0.1, 0.15) is 5.82 Å². The smallest absolute Gasteiger partial charge is 0.207 e. The molecule has 82 valence electrons. The largest absolute Gasteiger partial charge is 0.416 e. The van der Waals surface area contributed by atoms with Crippen LogP contribution in [0.4, 0.5) is 17.6 Å². The molecule has 1 aromatic rings. The van der Waals surface area contributed by atoms with Crippen molar-refractivity contribution in [1.82, 2.24) is 0 Å². The second kappa shape index (κ2) is 4.47. The van der Waals surface area contributed by atoms with E-state index in [1.165, 1.54) is 0 Å².